The van der Waals surface area contributed by atoms with Gasteiger partial charge in [-0.2, -0.15) is 0 Å². The number of quaternary nitrogens is 1. The summed E-state index contributed by atoms with van der Waals surface area (Å²) < 4.78 is 0.976. The SMILES string of the molecule is BC#N.C[N+](C)(C)CC=Cc1ccccc1. The number of nitrogens with zero attached hydrogens (tertiary/aromatic N) is 2. The van der Waals surface area contributed by atoms with Crippen molar-refractivity contribution in [2.24, 2.45) is 0 Å². The molecular formula is C13H20BN2+. The lowest BCUT2D eigenvalue weighted by Gasteiger charge is -2.21. The lowest BCUT2D eigenvalue weighted by atomic mass is 10.2. The van der Waals surface area contributed by atoms with Crippen LogP contribution >= 0.6 is 0 Å². The average molecular weight is 215 g/mol. The molecule has 2 nitrogen and oxygen atoms in total. The third-order valence-corrected chi connectivity index (χ3v) is 1.76. The molecule has 0 bridgehead atoms. The van der Waals surface area contributed by atoms with Gasteiger partial charge in [-0.25, -0.2) is 5.26 Å². The van der Waals surface area contributed by atoms with Crippen LogP contribution in [0.1, 0.15) is 5.56 Å². The van der Waals surface area contributed by atoms with Gasteiger partial charge in [0, 0.05) is 0 Å². The van der Waals surface area contributed by atoms with Gasteiger partial charge >= 0.3 is 0 Å². The van der Waals surface area contributed by atoms with Gasteiger partial charge in [-0.1, -0.05) is 36.4 Å². The highest BCUT2D eigenvalue weighted by Gasteiger charge is 2.01. The van der Waals surface area contributed by atoms with Crippen LogP contribution in [0.2, 0.25) is 0 Å². The summed E-state index contributed by atoms with van der Waals surface area (Å²) in [4.78, 5) is 0. The zero-order valence-corrected chi connectivity index (χ0v) is 10.6. The predicted octanol–water partition coefficient (Wildman–Crippen LogP) is 1.51. The van der Waals surface area contributed by atoms with Crippen molar-refractivity contribution < 1.29 is 4.48 Å². The van der Waals surface area contributed by atoms with E-state index >= 15 is 0 Å². The van der Waals surface area contributed by atoms with E-state index in [0.29, 0.717) is 0 Å². The molecule has 16 heavy (non-hydrogen) atoms. The molecule has 0 fully saturated rings. The van der Waals surface area contributed by atoms with Gasteiger partial charge < -0.3 is 4.48 Å². The van der Waals surface area contributed by atoms with Crippen molar-refractivity contribution in [3.8, 4) is 5.97 Å². The maximum Gasteiger partial charge on any atom is 0.232 e. The molecule has 0 heterocycles. The van der Waals surface area contributed by atoms with Crippen LogP contribution in [0.25, 0.3) is 6.08 Å². The van der Waals surface area contributed by atoms with E-state index in [-0.39, 0.29) is 0 Å². The Hall–Kier alpha value is -1.53. The highest BCUT2D eigenvalue weighted by Crippen LogP contribution is 2.01. The van der Waals surface area contributed by atoms with Crippen molar-refractivity contribution >= 4 is 13.9 Å². The van der Waals surface area contributed by atoms with Crippen molar-refractivity contribution in [1.29, 1.82) is 5.26 Å². The lowest BCUT2D eigenvalue weighted by molar-refractivity contribution is -0.864. The minimum Gasteiger partial charge on any atom is -0.328 e. The molecule has 1 rings (SSSR count). The summed E-state index contributed by atoms with van der Waals surface area (Å²) in [6, 6.07) is 10.4. The molecule has 0 spiro atoms. The van der Waals surface area contributed by atoms with Crippen LogP contribution in [0.3, 0.4) is 0 Å². The van der Waals surface area contributed by atoms with Crippen molar-refractivity contribution in [2.75, 3.05) is 27.7 Å². The fourth-order valence-electron chi connectivity index (χ4n) is 1.07. The lowest BCUT2D eigenvalue weighted by Crippen LogP contribution is -2.34. The van der Waals surface area contributed by atoms with Crippen LogP contribution < -0.4 is 0 Å². The first kappa shape index (κ1) is 14.5. The third kappa shape index (κ3) is 9.05. The predicted molar refractivity (Wildman–Crippen MR) is 72.5 cm³/mol. The number of hydrogen-bond donors (Lipinski definition) is 0. The van der Waals surface area contributed by atoms with E-state index in [1.54, 1.807) is 5.97 Å². The van der Waals surface area contributed by atoms with Gasteiger partial charge in [-0.3, -0.25) is 0 Å². The zero-order chi connectivity index (χ0) is 12.4. The van der Waals surface area contributed by atoms with E-state index in [0.717, 1.165) is 11.0 Å². The maximum absolute atomic E-state index is 7.32. The second kappa shape index (κ2) is 7.73. The fraction of sp³-hybridized carbons (Fsp3) is 0.308. The third-order valence-electron chi connectivity index (χ3n) is 1.76. The van der Waals surface area contributed by atoms with E-state index < -0.39 is 0 Å². The number of nitriles is 1. The molecule has 0 aliphatic heterocycles. The van der Waals surface area contributed by atoms with E-state index in [9.17, 15) is 0 Å². The Bertz CT molecular complexity index is 344. The summed E-state index contributed by atoms with van der Waals surface area (Å²) in [6.07, 6.45) is 4.39. The largest absolute Gasteiger partial charge is 0.328 e. The van der Waals surface area contributed by atoms with Crippen LogP contribution in [0.15, 0.2) is 36.4 Å². The van der Waals surface area contributed by atoms with Crippen LogP contribution in [-0.4, -0.2) is 40.0 Å². The van der Waals surface area contributed by atoms with Crippen LogP contribution in [0.5, 0.6) is 0 Å². The fourth-order valence-corrected chi connectivity index (χ4v) is 1.07. The molecule has 0 aromatic heterocycles. The molecule has 0 unspecified atom stereocenters. The maximum atomic E-state index is 7.32. The van der Waals surface area contributed by atoms with E-state index in [2.05, 4.69) is 57.6 Å². The Balaban J connectivity index is 0.000000673. The molecule has 1 aromatic carbocycles. The van der Waals surface area contributed by atoms with Gasteiger partial charge in [0.05, 0.1) is 27.7 Å². The zero-order valence-electron chi connectivity index (χ0n) is 10.6. The Kier molecular flexibility index (Phi) is 6.99. The second-order valence-corrected chi connectivity index (χ2v) is 4.51. The monoisotopic (exact) mass is 215 g/mol. The smallest absolute Gasteiger partial charge is 0.232 e. The molecule has 84 valence electrons. The quantitative estimate of drug-likeness (QED) is 0.553. The number of benzene rings is 1. The van der Waals surface area contributed by atoms with E-state index in [4.69, 9.17) is 5.26 Å². The topological polar surface area (TPSA) is 23.8 Å². The Morgan fingerprint density at radius 1 is 1.25 bits per heavy atom. The van der Waals surface area contributed by atoms with Gasteiger partial charge in [0.15, 0.2) is 0 Å². The Morgan fingerprint density at radius 3 is 2.19 bits per heavy atom. The minimum atomic E-state index is 0.976. The first-order chi connectivity index (χ1) is 7.49. The summed E-state index contributed by atoms with van der Waals surface area (Å²) in [6.45, 7) is 1.06. The summed E-state index contributed by atoms with van der Waals surface area (Å²) in [5.41, 5.74) is 1.27. The molecule has 0 saturated carbocycles. The van der Waals surface area contributed by atoms with Crippen molar-refractivity contribution in [2.45, 2.75) is 0 Å². The normalized spacial score (nSPS) is 10.4. The molecule has 0 amide bonds. The summed E-state index contributed by atoms with van der Waals surface area (Å²) >= 11 is 0. The standard InChI is InChI=1S/C12H18N.CH2BN/c1-13(2,3)11-7-10-12-8-5-4-6-9-12;2-1-3/h4-10H,11H2,1-3H3;2H2/q+1;. The van der Waals surface area contributed by atoms with Crippen LogP contribution in [0, 0.1) is 11.2 Å². The van der Waals surface area contributed by atoms with Crippen molar-refractivity contribution in [3.05, 3.63) is 42.0 Å². The molecule has 0 aliphatic carbocycles. The van der Waals surface area contributed by atoms with Gasteiger partial charge in [0.25, 0.3) is 0 Å². The number of hydrogen-bond acceptors (Lipinski definition) is 1. The van der Waals surface area contributed by atoms with Gasteiger partial charge in [0.2, 0.25) is 7.85 Å². The molecule has 0 aliphatic rings. The van der Waals surface area contributed by atoms with Crippen molar-refractivity contribution in [1.82, 2.24) is 0 Å². The van der Waals surface area contributed by atoms with E-state index in [1.165, 1.54) is 13.4 Å². The molecule has 1 aromatic rings. The van der Waals surface area contributed by atoms with Gasteiger partial charge in [-0.15, -0.1) is 0 Å². The first-order valence-corrected chi connectivity index (χ1v) is 5.32. The van der Waals surface area contributed by atoms with Gasteiger partial charge in [-0.05, 0) is 17.6 Å². The summed E-state index contributed by atoms with van der Waals surface area (Å²) in [5.74, 6) is 1.75. The average Bonchev–Trinajstić information content (AvgIpc) is 2.18. The Morgan fingerprint density at radius 2 is 1.75 bits per heavy atom. The van der Waals surface area contributed by atoms with Crippen molar-refractivity contribution in [3.63, 3.8) is 0 Å². The van der Waals surface area contributed by atoms with Crippen LogP contribution in [-0.2, 0) is 0 Å². The Labute approximate surface area is 99.8 Å². The number of rotatable bonds is 3. The van der Waals surface area contributed by atoms with E-state index in [1.807, 2.05) is 6.07 Å². The van der Waals surface area contributed by atoms with Crippen LogP contribution in [0.4, 0.5) is 0 Å². The van der Waals surface area contributed by atoms with Gasteiger partial charge in [0.1, 0.15) is 0 Å². The molecule has 3 heteroatoms. The second-order valence-electron chi connectivity index (χ2n) is 4.51. The highest BCUT2D eigenvalue weighted by molar-refractivity contribution is 6.20. The number of likely N-dealkylation sites (N-methyl/N-ethyl adjacent to an activating group) is 1. The molecule has 0 saturated heterocycles. The first-order valence-electron chi connectivity index (χ1n) is 5.32. The minimum absolute atomic E-state index is 0.976. The molecular weight excluding hydrogens is 195 g/mol. The molecule has 0 atom stereocenters. The highest BCUT2D eigenvalue weighted by atomic mass is 15.3. The summed E-state index contributed by atoms with van der Waals surface area (Å²) in [7, 11) is 8.00. The molecule has 0 N–H and O–H groups in total. The summed E-state index contributed by atoms with van der Waals surface area (Å²) in [5, 5.41) is 7.32. The molecule has 0 radical (unpaired) electrons.